The fourth-order valence-corrected chi connectivity index (χ4v) is 2.38. The lowest BCUT2D eigenvalue weighted by atomic mass is 10.2. The molecule has 0 aliphatic carbocycles. The van der Waals surface area contributed by atoms with Crippen LogP contribution in [-0.2, 0) is 16.1 Å². The molecule has 1 aromatic carbocycles. The molecule has 1 aliphatic heterocycles. The zero-order valence-corrected chi connectivity index (χ0v) is 13.7. The summed E-state index contributed by atoms with van der Waals surface area (Å²) < 4.78 is 5.38. The Morgan fingerprint density at radius 3 is 3.09 bits per heavy atom. The topological polar surface area (TPSA) is 88.7 Å². The third-order valence-electron chi connectivity index (χ3n) is 3.69. The van der Waals surface area contributed by atoms with Crippen molar-refractivity contribution in [2.24, 2.45) is 10.7 Å². The van der Waals surface area contributed by atoms with Crippen molar-refractivity contribution in [3.8, 4) is 0 Å². The molecule has 1 aliphatic rings. The SMILES string of the molecule is CCCCNC(N)=NCc1cccc(NC(=O)C2CCCO2)c1. The Morgan fingerprint density at radius 2 is 2.35 bits per heavy atom. The molecular formula is C17H26N4O2. The highest BCUT2D eigenvalue weighted by atomic mass is 16.5. The van der Waals surface area contributed by atoms with Crippen molar-refractivity contribution in [3.63, 3.8) is 0 Å². The van der Waals surface area contributed by atoms with E-state index in [2.05, 4.69) is 22.5 Å². The summed E-state index contributed by atoms with van der Waals surface area (Å²) in [5.41, 5.74) is 7.57. The van der Waals surface area contributed by atoms with Gasteiger partial charge in [0.1, 0.15) is 6.10 Å². The first-order valence-corrected chi connectivity index (χ1v) is 8.24. The van der Waals surface area contributed by atoms with Gasteiger partial charge in [-0.3, -0.25) is 4.79 Å². The predicted octanol–water partition coefficient (Wildman–Crippen LogP) is 2.01. The molecule has 0 spiro atoms. The van der Waals surface area contributed by atoms with Crippen LogP contribution in [0.15, 0.2) is 29.3 Å². The molecule has 1 aromatic rings. The smallest absolute Gasteiger partial charge is 0.253 e. The summed E-state index contributed by atoms with van der Waals surface area (Å²) in [6.45, 7) is 4.11. The van der Waals surface area contributed by atoms with Crippen LogP contribution in [-0.4, -0.2) is 31.1 Å². The van der Waals surface area contributed by atoms with Crippen molar-refractivity contribution in [2.75, 3.05) is 18.5 Å². The number of nitrogens with two attached hydrogens (primary N) is 1. The quantitative estimate of drug-likeness (QED) is 0.407. The van der Waals surface area contributed by atoms with Crippen molar-refractivity contribution < 1.29 is 9.53 Å². The minimum absolute atomic E-state index is 0.0797. The Kier molecular flexibility index (Phi) is 6.87. The van der Waals surface area contributed by atoms with Gasteiger partial charge in [-0.15, -0.1) is 0 Å². The van der Waals surface area contributed by atoms with Gasteiger partial charge in [0.05, 0.1) is 6.54 Å². The van der Waals surface area contributed by atoms with E-state index in [0.717, 1.165) is 43.5 Å². The Labute approximate surface area is 137 Å². The van der Waals surface area contributed by atoms with E-state index in [-0.39, 0.29) is 12.0 Å². The lowest BCUT2D eigenvalue weighted by Crippen LogP contribution is -2.32. The third-order valence-corrected chi connectivity index (χ3v) is 3.69. The summed E-state index contributed by atoms with van der Waals surface area (Å²) in [4.78, 5) is 16.4. The molecule has 126 valence electrons. The van der Waals surface area contributed by atoms with E-state index in [4.69, 9.17) is 10.5 Å². The molecule has 4 N–H and O–H groups in total. The fourth-order valence-electron chi connectivity index (χ4n) is 2.38. The van der Waals surface area contributed by atoms with Gasteiger partial charge in [0.2, 0.25) is 0 Å². The number of unbranched alkanes of at least 4 members (excludes halogenated alkanes) is 1. The number of carbonyl (C=O) groups is 1. The van der Waals surface area contributed by atoms with Gasteiger partial charge in [-0.25, -0.2) is 4.99 Å². The molecular weight excluding hydrogens is 292 g/mol. The normalized spacial score (nSPS) is 18.0. The zero-order valence-electron chi connectivity index (χ0n) is 13.7. The first kappa shape index (κ1) is 17.3. The number of anilines is 1. The molecule has 0 saturated carbocycles. The van der Waals surface area contributed by atoms with E-state index in [1.54, 1.807) is 0 Å². The summed E-state index contributed by atoms with van der Waals surface area (Å²) in [5.74, 6) is 0.371. The molecule has 1 atom stereocenters. The Bertz CT molecular complexity index is 539. The van der Waals surface area contributed by atoms with Crippen molar-refractivity contribution >= 4 is 17.6 Å². The van der Waals surface area contributed by atoms with Gasteiger partial charge >= 0.3 is 0 Å². The average molecular weight is 318 g/mol. The van der Waals surface area contributed by atoms with Crippen molar-refractivity contribution in [2.45, 2.75) is 45.3 Å². The number of nitrogens with one attached hydrogen (secondary N) is 2. The van der Waals surface area contributed by atoms with E-state index >= 15 is 0 Å². The number of benzene rings is 1. The second kappa shape index (κ2) is 9.15. The van der Waals surface area contributed by atoms with Gasteiger partial charge < -0.3 is 21.1 Å². The first-order valence-electron chi connectivity index (χ1n) is 8.24. The van der Waals surface area contributed by atoms with Crippen LogP contribution < -0.4 is 16.4 Å². The number of guanidine groups is 1. The van der Waals surface area contributed by atoms with E-state index in [1.165, 1.54) is 0 Å². The Hall–Kier alpha value is -2.08. The largest absolute Gasteiger partial charge is 0.370 e. The second-order valence-electron chi connectivity index (χ2n) is 5.67. The van der Waals surface area contributed by atoms with Crippen molar-refractivity contribution in [1.29, 1.82) is 0 Å². The number of hydrogen-bond acceptors (Lipinski definition) is 3. The number of ether oxygens (including phenoxy) is 1. The van der Waals surface area contributed by atoms with Gasteiger partial charge in [-0.1, -0.05) is 25.5 Å². The van der Waals surface area contributed by atoms with E-state index in [9.17, 15) is 4.79 Å². The lowest BCUT2D eigenvalue weighted by Gasteiger charge is -2.11. The van der Waals surface area contributed by atoms with Crippen LogP contribution in [0.1, 0.15) is 38.2 Å². The van der Waals surface area contributed by atoms with Crippen molar-refractivity contribution in [3.05, 3.63) is 29.8 Å². The maximum Gasteiger partial charge on any atom is 0.253 e. The highest BCUT2D eigenvalue weighted by Crippen LogP contribution is 2.16. The fraction of sp³-hybridized carbons (Fsp3) is 0.529. The molecule has 23 heavy (non-hydrogen) atoms. The van der Waals surface area contributed by atoms with Crippen LogP contribution in [0.25, 0.3) is 0 Å². The molecule has 6 nitrogen and oxygen atoms in total. The summed E-state index contributed by atoms with van der Waals surface area (Å²) in [5, 5.41) is 5.97. The number of aliphatic imine (C=N–C) groups is 1. The molecule has 0 radical (unpaired) electrons. The maximum absolute atomic E-state index is 12.0. The summed E-state index contributed by atoms with van der Waals surface area (Å²) in [7, 11) is 0. The average Bonchev–Trinajstić information content (AvgIpc) is 3.08. The minimum Gasteiger partial charge on any atom is -0.370 e. The number of carbonyl (C=O) groups excluding carboxylic acids is 1. The molecule has 1 amide bonds. The van der Waals surface area contributed by atoms with Crippen LogP contribution >= 0.6 is 0 Å². The molecule has 1 unspecified atom stereocenters. The molecule has 1 heterocycles. The van der Waals surface area contributed by atoms with Crippen LogP contribution in [0.5, 0.6) is 0 Å². The summed E-state index contributed by atoms with van der Waals surface area (Å²) in [6, 6.07) is 7.64. The van der Waals surface area contributed by atoms with Crippen LogP contribution in [0.3, 0.4) is 0 Å². The highest BCUT2D eigenvalue weighted by Gasteiger charge is 2.23. The summed E-state index contributed by atoms with van der Waals surface area (Å²) in [6.07, 6.45) is 3.59. The first-order chi connectivity index (χ1) is 11.2. The van der Waals surface area contributed by atoms with Crippen molar-refractivity contribution in [1.82, 2.24) is 5.32 Å². The molecule has 0 aromatic heterocycles. The van der Waals surface area contributed by atoms with E-state index in [0.29, 0.717) is 19.1 Å². The van der Waals surface area contributed by atoms with Gasteiger partial charge in [0.25, 0.3) is 5.91 Å². The van der Waals surface area contributed by atoms with Crippen LogP contribution in [0.2, 0.25) is 0 Å². The number of rotatable bonds is 7. The van der Waals surface area contributed by atoms with E-state index < -0.39 is 0 Å². The van der Waals surface area contributed by atoms with Gasteiger partial charge in [0, 0.05) is 18.8 Å². The van der Waals surface area contributed by atoms with Gasteiger partial charge in [-0.2, -0.15) is 0 Å². The molecule has 6 heteroatoms. The molecule has 1 fully saturated rings. The Balaban J connectivity index is 1.86. The number of hydrogen-bond donors (Lipinski definition) is 3. The summed E-state index contributed by atoms with van der Waals surface area (Å²) >= 11 is 0. The predicted molar refractivity (Wildman–Crippen MR) is 92.3 cm³/mol. The Morgan fingerprint density at radius 1 is 1.48 bits per heavy atom. The molecule has 0 bridgehead atoms. The minimum atomic E-state index is -0.324. The number of amides is 1. The van der Waals surface area contributed by atoms with Crippen LogP contribution in [0, 0.1) is 0 Å². The molecule has 2 rings (SSSR count). The standard InChI is InChI=1S/C17H26N4O2/c1-2-3-9-19-17(18)20-12-13-6-4-7-14(11-13)21-16(22)15-8-5-10-23-15/h4,6-7,11,15H,2-3,5,8-10,12H2,1H3,(H,21,22)(H3,18,19,20). The van der Waals surface area contributed by atoms with E-state index in [1.807, 2.05) is 24.3 Å². The van der Waals surface area contributed by atoms with Crippen LogP contribution in [0.4, 0.5) is 5.69 Å². The maximum atomic E-state index is 12.0. The molecule has 1 saturated heterocycles. The second-order valence-corrected chi connectivity index (χ2v) is 5.67. The monoisotopic (exact) mass is 318 g/mol. The van der Waals surface area contributed by atoms with Gasteiger partial charge in [-0.05, 0) is 37.0 Å². The number of nitrogens with zero attached hydrogens (tertiary/aromatic N) is 1. The zero-order chi connectivity index (χ0) is 16.5. The van der Waals surface area contributed by atoms with Gasteiger partial charge in [0.15, 0.2) is 5.96 Å². The lowest BCUT2D eigenvalue weighted by molar-refractivity contribution is -0.124. The third kappa shape index (κ3) is 5.90. The highest BCUT2D eigenvalue weighted by molar-refractivity contribution is 5.94.